The Labute approximate surface area is 66.4 Å². The van der Waals surface area contributed by atoms with E-state index in [-0.39, 0.29) is 11.6 Å². The number of hydrogen-bond donors (Lipinski definition) is 0. The third-order valence-corrected chi connectivity index (χ3v) is 2.38. The first kappa shape index (κ1) is 8.24. The highest BCUT2D eigenvalue weighted by Crippen LogP contribution is 2.30. The van der Waals surface area contributed by atoms with E-state index in [1.54, 1.807) is 4.90 Å². The Bertz CT molecular complexity index is 177. The molecule has 0 aromatic heterocycles. The Morgan fingerprint density at radius 3 is 2.45 bits per heavy atom. The van der Waals surface area contributed by atoms with Crippen molar-refractivity contribution >= 4 is 12.7 Å². The van der Waals surface area contributed by atoms with Crippen molar-refractivity contribution in [2.45, 2.75) is 38.3 Å². The van der Waals surface area contributed by atoms with Crippen LogP contribution in [-0.2, 0) is 9.59 Å². The van der Waals surface area contributed by atoms with E-state index in [0.29, 0.717) is 0 Å². The summed E-state index contributed by atoms with van der Waals surface area (Å²) in [5, 5.41) is 0. The third-order valence-electron chi connectivity index (χ3n) is 2.38. The highest BCUT2D eigenvalue weighted by atomic mass is 16.1. The van der Waals surface area contributed by atoms with Gasteiger partial charge < -0.3 is 9.69 Å². The molecular formula is C8H13NO2. The molecule has 0 radical (unpaired) electrons. The van der Waals surface area contributed by atoms with Gasteiger partial charge in [-0.25, -0.2) is 0 Å². The van der Waals surface area contributed by atoms with Crippen LogP contribution in [0.5, 0.6) is 0 Å². The predicted octanol–water partition coefficient (Wildman–Crippen LogP) is 0.585. The minimum atomic E-state index is -0.192. The van der Waals surface area contributed by atoms with Crippen molar-refractivity contribution in [3.63, 3.8) is 0 Å². The molecule has 3 nitrogen and oxygen atoms in total. The molecule has 11 heavy (non-hydrogen) atoms. The first-order valence-electron chi connectivity index (χ1n) is 3.81. The first-order valence-corrected chi connectivity index (χ1v) is 3.81. The van der Waals surface area contributed by atoms with Crippen LogP contribution < -0.4 is 0 Å². The standard InChI is InChI=1S/C8H13NO2/c1-8(2)4-3-7(5-10)9(8)6-11/h5-7H,3-4H2,1-2H3/t7-/m0/s1. The molecule has 0 spiro atoms. The van der Waals surface area contributed by atoms with Crippen LogP contribution in [-0.4, -0.2) is 29.2 Å². The van der Waals surface area contributed by atoms with E-state index in [9.17, 15) is 9.59 Å². The first-order chi connectivity index (χ1) is 5.11. The number of nitrogens with zero attached hydrogens (tertiary/aromatic N) is 1. The van der Waals surface area contributed by atoms with Gasteiger partial charge in [0.2, 0.25) is 6.41 Å². The lowest BCUT2D eigenvalue weighted by atomic mass is 10.0. The number of likely N-dealkylation sites (tertiary alicyclic amines) is 1. The lowest BCUT2D eigenvalue weighted by Gasteiger charge is -2.29. The van der Waals surface area contributed by atoms with Gasteiger partial charge in [0.25, 0.3) is 0 Å². The maximum atomic E-state index is 10.6. The van der Waals surface area contributed by atoms with Crippen molar-refractivity contribution in [1.29, 1.82) is 0 Å². The minimum absolute atomic E-state index is 0.132. The Morgan fingerprint density at radius 2 is 2.09 bits per heavy atom. The van der Waals surface area contributed by atoms with E-state index in [0.717, 1.165) is 25.5 Å². The summed E-state index contributed by atoms with van der Waals surface area (Å²) in [7, 11) is 0. The van der Waals surface area contributed by atoms with Gasteiger partial charge in [0.05, 0.1) is 6.04 Å². The molecule has 1 aliphatic rings. The molecule has 1 atom stereocenters. The van der Waals surface area contributed by atoms with Gasteiger partial charge in [0.15, 0.2) is 0 Å². The number of amides is 1. The highest BCUT2D eigenvalue weighted by molar-refractivity contribution is 5.65. The fourth-order valence-corrected chi connectivity index (χ4v) is 1.57. The summed E-state index contributed by atoms with van der Waals surface area (Å²) in [6, 6.07) is -0.192. The maximum absolute atomic E-state index is 10.6. The van der Waals surface area contributed by atoms with E-state index >= 15 is 0 Å². The van der Waals surface area contributed by atoms with Gasteiger partial charge in [-0.3, -0.25) is 4.79 Å². The topological polar surface area (TPSA) is 37.4 Å². The Kier molecular flexibility index (Phi) is 1.98. The maximum Gasteiger partial charge on any atom is 0.210 e. The zero-order valence-electron chi connectivity index (χ0n) is 6.91. The molecule has 3 heteroatoms. The monoisotopic (exact) mass is 155 g/mol. The number of rotatable bonds is 2. The van der Waals surface area contributed by atoms with Gasteiger partial charge in [-0.2, -0.15) is 0 Å². The Balaban J connectivity index is 2.78. The molecule has 0 aliphatic carbocycles. The number of carbonyl (C=O) groups is 2. The molecule has 1 heterocycles. The predicted molar refractivity (Wildman–Crippen MR) is 41.1 cm³/mol. The van der Waals surface area contributed by atoms with E-state index in [4.69, 9.17) is 0 Å². The van der Waals surface area contributed by atoms with E-state index in [1.807, 2.05) is 13.8 Å². The summed E-state index contributed by atoms with van der Waals surface area (Å²) >= 11 is 0. The van der Waals surface area contributed by atoms with Gasteiger partial charge >= 0.3 is 0 Å². The van der Waals surface area contributed by atoms with Crippen LogP contribution in [0, 0.1) is 0 Å². The zero-order chi connectivity index (χ0) is 8.48. The lowest BCUT2D eigenvalue weighted by Crippen LogP contribution is -2.42. The molecule has 0 aromatic rings. The third kappa shape index (κ3) is 1.27. The van der Waals surface area contributed by atoms with Crippen LogP contribution in [0.4, 0.5) is 0 Å². The van der Waals surface area contributed by atoms with Gasteiger partial charge in [0.1, 0.15) is 6.29 Å². The van der Waals surface area contributed by atoms with Crippen molar-refractivity contribution in [3.05, 3.63) is 0 Å². The van der Waals surface area contributed by atoms with E-state index in [2.05, 4.69) is 0 Å². The summed E-state index contributed by atoms with van der Waals surface area (Å²) in [5.74, 6) is 0. The summed E-state index contributed by atoms with van der Waals surface area (Å²) in [5.41, 5.74) is -0.132. The molecule has 0 saturated carbocycles. The fraction of sp³-hybridized carbons (Fsp3) is 0.750. The van der Waals surface area contributed by atoms with Crippen LogP contribution in [0.25, 0.3) is 0 Å². The summed E-state index contributed by atoms with van der Waals surface area (Å²) < 4.78 is 0. The molecule has 0 unspecified atom stereocenters. The summed E-state index contributed by atoms with van der Waals surface area (Å²) in [4.78, 5) is 22.6. The number of carbonyl (C=O) groups excluding carboxylic acids is 2. The second kappa shape index (κ2) is 2.64. The van der Waals surface area contributed by atoms with E-state index < -0.39 is 0 Å². The molecule has 1 rings (SSSR count). The van der Waals surface area contributed by atoms with Crippen molar-refractivity contribution in [3.8, 4) is 0 Å². The molecule has 0 aromatic carbocycles. The van der Waals surface area contributed by atoms with Gasteiger partial charge in [-0.15, -0.1) is 0 Å². The van der Waals surface area contributed by atoms with Crippen molar-refractivity contribution < 1.29 is 9.59 Å². The van der Waals surface area contributed by atoms with Gasteiger partial charge in [-0.1, -0.05) is 0 Å². The van der Waals surface area contributed by atoms with Crippen molar-refractivity contribution in [2.75, 3.05) is 0 Å². The van der Waals surface area contributed by atoms with Crippen LogP contribution in [0.3, 0.4) is 0 Å². The average molecular weight is 155 g/mol. The quantitative estimate of drug-likeness (QED) is 0.547. The summed E-state index contributed by atoms with van der Waals surface area (Å²) in [6.07, 6.45) is 3.33. The molecule has 1 fully saturated rings. The fourth-order valence-electron chi connectivity index (χ4n) is 1.57. The van der Waals surface area contributed by atoms with Crippen molar-refractivity contribution in [1.82, 2.24) is 4.90 Å². The molecule has 1 aliphatic heterocycles. The zero-order valence-corrected chi connectivity index (χ0v) is 6.91. The molecule has 1 saturated heterocycles. The largest absolute Gasteiger partial charge is 0.330 e. The SMILES string of the molecule is CC1(C)CC[C@@H](C=O)N1C=O. The van der Waals surface area contributed by atoms with E-state index in [1.165, 1.54) is 0 Å². The average Bonchev–Trinajstić information content (AvgIpc) is 2.24. The number of hydrogen-bond acceptors (Lipinski definition) is 2. The molecule has 0 N–H and O–H groups in total. The van der Waals surface area contributed by atoms with Crippen molar-refractivity contribution in [2.24, 2.45) is 0 Å². The Hall–Kier alpha value is -0.860. The van der Waals surface area contributed by atoms with Crippen LogP contribution >= 0.6 is 0 Å². The second-order valence-electron chi connectivity index (χ2n) is 3.57. The highest BCUT2D eigenvalue weighted by Gasteiger charge is 2.37. The Morgan fingerprint density at radius 1 is 1.45 bits per heavy atom. The van der Waals surface area contributed by atoms with Crippen LogP contribution in [0.15, 0.2) is 0 Å². The minimum Gasteiger partial charge on any atom is -0.330 e. The lowest BCUT2D eigenvalue weighted by molar-refractivity contribution is -0.127. The second-order valence-corrected chi connectivity index (χ2v) is 3.57. The van der Waals surface area contributed by atoms with Gasteiger partial charge in [0, 0.05) is 5.54 Å². The molecular weight excluding hydrogens is 142 g/mol. The molecule has 62 valence electrons. The molecule has 1 amide bonds. The van der Waals surface area contributed by atoms with Crippen LogP contribution in [0.1, 0.15) is 26.7 Å². The molecule has 0 bridgehead atoms. The van der Waals surface area contributed by atoms with Gasteiger partial charge in [-0.05, 0) is 26.7 Å². The normalized spacial score (nSPS) is 28.5. The van der Waals surface area contributed by atoms with Crippen LogP contribution in [0.2, 0.25) is 0 Å². The smallest absolute Gasteiger partial charge is 0.210 e. The summed E-state index contributed by atoms with van der Waals surface area (Å²) in [6.45, 7) is 3.95. The number of aldehydes is 1.